The van der Waals surface area contributed by atoms with E-state index in [1.54, 1.807) is 0 Å². The summed E-state index contributed by atoms with van der Waals surface area (Å²) in [6.45, 7) is 3.42. The van der Waals surface area contributed by atoms with E-state index in [4.69, 9.17) is 9.84 Å². The average molecular weight is 289 g/mol. The number of para-hydroxylation sites is 1. The summed E-state index contributed by atoms with van der Waals surface area (Å²) in [5.41, 5.74) is 1.36. The van der Waals surface area contributed by atoms with E-state index in [1.165, 1.54) is 31.2 Å². The Morgan fingerprint density at radius 1 is 1.33 bits per heavy atom. The van der Waals surface area contributed by atoms with Crippen LogP contribution in [0.2, 0.25) is 0 Å². The third-order valence-corrected chi connectivity index (χ3v) is 5.05. The van der Waals surface area contributed by atoms with Crippen molar-refractivity contribution in [3.05, 3.63) is 29.8 Å². The van der Waals surface area contributed by atoms with Gasteiger partial charge < -0.3 is 15.2 Å². The highest BCUT2D eigenvalue weighted by Gasteiger charge is 2.42. The van der Waals surface area contributed by atoms with Crippen LogP contribution in [0.1, 0.15) is 57.1 Å². The Hall–Kier alpha value is -1.06. The molecule has 2 aliphatic rings. The third kappa shape index (κ3) is 3.24. The Morgan fingerprint density at radius 2 is 2.10 bits per heavy atom. The van der Waals surface area contributed by atoms with Gasteiger partial charge in [0.1, 0.15) is 11.4 Å². The maximum absolute atomic E-state index is 9.05. The molecule has 3 heteroatoms. The molecule has 1 aromatic rings. The summed E-state index contributed by atoms with van der Waals surface area (Å²) >= 11 is 0. The lowest BCUT2D eigenvalue weighted by atomic mass is 9.85. The fourth-order valence-corrected chi connectivity index (χ4v) is 3.79. The molecule has 1 saturated carbocycles. The highest BCUT2D eigenvalue weighted by molar-refractivity contribution is 5.39. The summed E-state index contributed by atoms with van der Waals surface area (Å²) in [6, 6.07) is 8.85. The van der Waals surface area contributed by atoms with Gasteiger partial charge in [0.25, 0.3) is 0 Å². The summed E-state index contributed by atoms with van der Waals surface area (Å²) in [7, 11) is 0. The van der Waals surface area contributed by atoms with Crippen LogP contribution >= 0.6 is 0 Å². The Kier molecular flexibility index (Phi) is 4.51. The highest BCUT2D eigenvalue weighted by atomic mass is 16.5. The Morgan fingerprint density at radius 3 is 2.86 bits per heavy atom. The monoisotopic (exact) mass is 289 g/mol. The first-order valence-corrected chi connectivity index (χ1v) is 8.35. The predicted molar refractivity (Wildman–Crippen MR) is 84.5 cm³/mol. The summed E-state index contributed by atoms with van der Waals surface area (Å²) < 4.78 is 6.38. The van der Waals surface area contributed by atoms with E-state index in [0.717, 1.165) is 25.1 Å². The molecule has 2 N–H and O–H groups in total. The fraction of sp³-hybridized carbons (Fsp3) is 0.667. The standard InChI is InChI=1S/C18H27NO2/c1-14(8-11-20)13-19-16-12-18(9-4-5-10-18)21-17-7-3-2-6-15(16)17/h2-3,6-7,14,16,19-20H,4-5,8-13H2,1H3. The lowest BCUT2D eigenvalue weighted by Crippen LogP contribution is -2.42. The van der Waals surface area contributed by atoms with Crippen molar-refractivity contribution in [2.24, 2.45) is 5.92 Å². The number of hydrogen-bond donors (Lipinski definition) is 2. The molecule has 0 aromatic heterocycles. The van der Waals surface area contributed by atoms with Crippen LogP contribution in [-0.2, 0) is 0 Å². The van der Waals surface area contributed by atoms with Gasteiger partial charge >= 0.3 is 0 Å². The minimum absolute atomic E-state index is 0.0617. The van der Waals surface area contributed by atoms with Crippen LogP contribution in [0, 0.1) is 5.92 Å². The minimum atomic E-state index is 0.0617. The van der Waals surface area contributed by atoms with Gasteiger partial charge in [-0.05, 0) is 50.6 Å². The number of fused-ring (bicyclic) bond motifs is 1. The zero-order valence-corrected chi connectivity index (χ0v) is 13.0. The van der Waals surface area contributed by atoms with Crippen molar-refractivity contribution in [2.45, 2.75) is 57.1 Å². The van der Waals surface area contributed by atoms with Crippen LogP contribution in [0.4, 0.5) is 0 Å². The number of benzene rings is 1. The van der Waals surface area contributed by atoms with Gasteiger partial charge in [-0.15, -0.1) is 0 Å². The number of ether oxygens (including phenoxy) is 1. The van der Waals surface area contributed by atoms with Gasteiger partial charge in [-0.25, -0.2) is 0 Å². The van der Waals surface area contributed by atoms with Gasteiger partial charge in [0, 0.05) is 24.6 Å². The first-order chi connectivity index (χ1) is 10.2. The van der Waals surface area contributed by atoms with E-state index >= 15 is 0 Å². The van der Waals surface area contributed by atoms with E-state index < -0.39 is 0 Å². The highest BCUT2D eigenvalue weighted by Crippen LogP contribution is 2.46. The normalized spacial score (nSPS) is 24.6. The van der Waals surface area contributed by atoms with Crippen molar-refractivity contribution in [2.75, 3.05) is 13.2 Å². The second-order valence-corrected chi connectivity index (χ2v) is 6.81. The molecule has 1 aliphatic carbocycles. The second kappa shape index (κ2) is 6.37. The SMILES string of the molecule is CC(CCO)CNC1CC2(CCCC2)Oc2ccccc21. The van der Waals surface area contributed by atoms with Gasteiger partial charge in [-0.2, -0.15) is 0 Å². The first-order valence-electron chi connectivity index (χ1n) is 8.35. The summed E-state index contributed by atoms with van der Waals surface area (Å²) in [4.78, 5) is 0. The molecule has 116 valence electrons. The molecule has 1 aliphatic heterocycles. The molecule has 0 saturated heterocycles. The predicted octanol–water partition coefficient (Wildman–Crippen LogP) is 3.43. The summed E-state index contributed by atoms with van der Waals surface area (Å²) in [5.74, 6) is 1.57. The van der Waals surface area contributed by atoms with Gasteiger partial charge in [0.2, 0.25) is 0 Å². The van der Waals surface area contributed by atoms with Crippen LogP contribution in [-0.4, -0.2) is 23.9 Å². The molecule has 2 atom stereocenters. The Bertz CT molecular complexity index is 468. The molecule has 3 nitrogen and oxygen atoms in total. The molecule has 1 aromatic carbocycles. The molecular weight excluding hydrogens is 262 g/mol. The van der Waals surface area contributed by atoms with Crippen LogP contribution in [0.15, 0.2) is 24.3 Å². The molecule has 1 fully saturated rings. The van der Waals surface area contributed by atoms with Crippen molar-refractivity contribution in [3.63, 3.8) is 0 Å². The van der Waals surface area contributed by atoms with Crippen LogP contribution in [0.3, 0.4) is 0 Å². The van der Waals surface area contributed by atoms with Crippen molar-refractivity contribution < 1.29 is 9.84 Å². The molecule has 3 rings (SSSR count). The maximum atomic E-state index is 9.05. The van der Waals surface area contributed by atoms with E-state index in [2.05, 4.69) is 36.5 Å². The largest absolute Gasteiger partial charge is 0.487 e. The van der Waals surface area contributed by atoms with Crippen molar-refractivity contribution in [1.82, 2.24) is 5.32 Å². The Labute approximate surface area is 127 Å². The van der Waals surface area contributed by atoms with Gasteiger partial charge in [-0.3, -0.25) is 0 Å². The van der Waals surface area contributed by atoms with E-state index in [-0.39, 0.29) is 12.2 Å². The van der Waals surface area contributed by atoms with Crippen molar-refractivity contribution in [3.8, 4) is 5.75 Å². The number of aliphatic hydroxyl groups is 1. The molecule has 0 bridgehead atoms. The molecule has 1 spiro atoms. The zero-order chi connectivity index (χ0) is 14.7. The lowest BCUT2D eigenvalue weighted by Gasteiger charge is -2.40. The minimum Gasteiger partial charge on any atom is -0.487 e. The second-order valence-electron chi connectivity index (χ2n) is 6.81. The van der Waals surface area contributed by atoms with Crippen LogP contribution in [0.25, 0.3) is 0 Å². The fourth-order valence-electron chi connectivity index (χ4n) is 3.79. The van der Waals surface area contributed by atoms with Crippen LogP contribution < -0.4 is 10.1 Å². The molecule has 21 heavy (non-hydrogen) atoms. The zero-order valence-electron chi connectivity index (χ0n) is 13.0. The van der Waals surface area contributed by atoms with Crippen molar-refractivity contribution >= 4 is 0 Å². The number of aliphatic hydroxyl groups excluding tert-OH is 1. The lowest BCUT2D eigenvalue weighted by molar-refractivity contribution is 0.0360. The first kappa shape index (κ1) is 14.9. The quantitative estimate of drug-likeness (QED) is 0.872. The smallest absolute Gasteiger partial charge is 0.124 e. The molecule has 1 heterocycles. The Balaban J connectivity index is 1.74. The third-order valence-electron chi connectivity index (χ3n) is 5.05. The number of hydrogen-bond acceptors (Lipinski definition) is 3. The van der Waals surface area contributed by atoms with E-state index in [1.807, 2.05) is 0 Å². The summed E-state index contributed by atoms with van der Waals surface area (Å²) in [6.07, 6.45) is 6.89. The molecule has 0 radical (unpaired) electrons. The van der Waals surface area contributed by atoms with E-state index in [0.29, 0.717) is 12.0 Å². The van der Waals surface area contributed by atoms with Crippen LogP contribution in [0.5, 0.6) is 5.75 Å². The molecule has 0 amide bonds. The van der Waals surface area contributed by atoms with Gasteiger partial charge in [-0.1, -0.05) is 25.1 Å². The maximum Gasteiger partial charge on any atom is 0.124 e. The van der Waals surface area contributed by atoms with Crippen molar-refractivity contribution in [1.29, 1.82) is 0 Å². The topological polar surface area (TPSA) is 41.5 Å². The molecule has 2 unspecified atom stereocenters. The number of nitrogens with one attached hydrogen (secondary N) is 1. The van der Waals surface area contributed by atoms with Gasteiger partial charge in [0.15, 0.2) is 0 Å². The number of rotatable bonds is 5. The molecular formula is C18H27NO2. The van der Waals surface area contributed by atoms with Gasteiger partial charge in [0.05, 0.1) is 0 Å². The van der Waals surface area contributed by atoms with E-state index in [9.17, 15) is 0 Å². The average Bonchev–Trinajstić information content (AvgIpc) is 2.93. The summed E-state index contributed by atoms with van der Waals surface area (Å²) in [5, 5.41) is 12.8.